The number of benzene rings is 1. The minimum Gasteiger partial charge on any atom is -0.497 e. The molecule has 2 aromatic rings. The van der Waals surface area contributed by atoms with Crippen LogP contribution in [0.5, 0.6) is 5.75 Å². The smallest absolute Gasteiger partial charge is 0.213 e. The number of ether oxygens (including phenoxy) is 1. The normalized spacial score (nSPS) is 16.9. The summed E-state index contributed by atoms with van der Waals surface area (Å²) >= 11 is 1.64. The maximum Gasteiger partial charge on any atom is 0.213 e. The lowest BCUT2D eigenvalue weighted by Crippen LogP contribution is -2.48. The molecule has 1 fully saturated rings. The molecule has 0 atom stereocenters. The molecule has 6 nitrogen and oxygen atoms in total. The molecule has 0 N–H and O–H groups in total. The quantitative estimate of drug-likeness (QED) is 0.768. The van der Waals surface area contributed by atoms with Gasteiger partial charge in [-0.15, -0.1) is 11.3 Å². The van der Waals surface area contributed by atoms with E-state index in [9.17, 15) is 8.42 Å². The number of nitrogens with zero attached hydrogens (tertiary/aromatic N) is 3. The Morgan fingerprint density at radius 2 is 2.00 bits per heavy atom. The Morgan fingerprint density at radius 3 is 2.68 bits per heavy atom. The van der Waals surface area contributed by atoms with Gasteiger partial charge in [-0.2, -0.15) is 4.31 Å². The van der Waals surface area contributed by atoms with Crippen molar-refractivity contribution in [2.75, 3.05) is 39.0 Å². The van der Waals surface area contributed by atoms with Crippen molar-refractivity contribution in [2.24, 2.45) is 0 Å². The van der Waals surface area contributed by atoms with E-state index in [0.717, 1.165) is 41.6 Å². The van der Waals surface area contributed by atoms with Crippen LogP contribution in [0.4, 0.5) is 0 Å². The Balaban J connectivity index is 1.61. The maximum absolute atomic E-state index is 11.9. The van der Waals surface area contributed by atoms with Gasteiger partial charge >= 0.3 is 0 Å². The topological polar surface area (TPSA) is 62.7 Å². The van der Waals surface area contributed by atoms with Crippen LogP contribution in [0.3, 0.4) is 0 Å². The van der Waals surface area contributed by atoms with Crippen LogP contribution in [-0.4, -0.2) is 61.6 Å². The first-order valence-corrected chi connectivity index (χ1v) is 10.8. The zero-order valence-electron chi connectivity index (χ0n) is 14.5. The van der Waals surface area contributed by atoms with E-state index in [1.54, 1.807) is 29.7 Å². The maximum atomic E-state index is 11.9. The summed E-state index contributed by atoms with van der Waals surface area (Å²) in [5.74, 6) is 0.990. The van der Waals surface area contributed by atoms with Crippen molar-refractivity contribution in [3.63, 3.8) is 0 Å². The lowest BCUT2D eigenvalue weighted by molar-refractivity contribution is 0.181. The molecule has 1 saturated heterocycles. The van der Waals surface area contributed by atoms with E-state index in [0.29, 0.717) is 13.1 Å². The van der Waals surface area contributed by atoms with Crippen LogP contribution in [0.15, 0.2) is 29.6 Å². The average Bonchev–Trinajstić information content (AvgIpc) is 3.11. The number of thiazole rings is 1. The third-order valence-corrected chi connectivity index (χ3v) is 7.08. The fourth-order valence-electron chi connectivity index (χ4n) is 2.84. The lowest BCUT2D eigenvalue weighted by Gasteiger charge is -2.33. The van der Waals surface area contributed by atoms with E-state index in [1.807, 2.05) is 24.3 Å². The van der Waals surface area contributed by atoms with Crippen molar-refractivity contribution in [1.29, 1.82) is 0 Å². The van der Waals surface area contributed by atoms with Gasteiger partial charge in [0.25, 0.3) is 0 Å². The van der Waals surface area contributed by atoms with Crippen molar-refractivity contribution in [3.8, 4) is 17.0 Å². The molecule has 136 valence electrons. The highest BCUT2D eigenvalue weighted by atomic mass is 32.2. The molecule has 3 rings (SSSR count). The van der Waals surface area contributed by atoms with Crippen LogP contribution in [0.2, 0.25) is 0 Å². The second kappa shape index (κ2) is 7.82. The van der Waals surface area contributed by atoms with Crippen molar-refractivity contribution in [3.05, 3.63) is 34.7 Å². The van der Waals surface area contributed by atoms with E-state index in [1.165, 1.54) is 0 Å². The van der Waals surface area contributed by atoms with Crippen LogP contribution >= 0.6 is 11.3 Å². The predicted octanol–water partition coefficient (Wildman–Crippen LogP) is 2.29. The van der Waals surface area contributed by atoms with Crippen molar-refractivity contribution in [2.45, 2.75) is 13.5 Å². The fourth-order valence-corrected chi connectivity index (χ4v) is 4.77. The van der Waals surface area contributed by atoms with Gasteiger partial charge in [-0.1, -0.05) is 12.1 Å². The van der Waals surface area contributed by atoms with E-state index in [2.05, 4.69) is 10.3 Å². The summed E-state index contributed by atoms with van der Waals surface area (Å²) in [6.07, 6.45) is 0. The van der Waals surface area contributed by atoms with Crippen molar-refractivity contribution >= 4 is 21.4 Å². The molecule has 0 bridgehead atoms. The highest BCUT2D eigenvalue weighted by Gasteiger charge is 2.25. The molecule has 25 heavy (non-hydrogen) atoms. The molecule has 1 aliphatic heterocycles. The molecule has 0 aliphatic carbocycles. The first-order valence-electron chi connectivity index (χ1n) is 8.31. The van der Waals surface area contributed by atoms with Gasteiger partial charge in [0.05, 0.1) is 25.1 Å². The molecule has 2 heterocycles. The molecule has 1 aliphatic rings. The third-order valence-electron chi connectivity index (χ3n) is 4.37. The van der Waals surface area contributed by atoms with E-state index in [4.69, 9.17) is 9.72 Å². The van der Waals surface area contributed by atoms with E-state index >= 15 is 0 Å². The number of piperazine rings is 1. The van der Waals surface area contributed by atoms with Gasteiger partial charge in [0.1, 0.15) is 10.8 Å². The summed E-state index contributed by atoms with van der Waals surface area (Å²) in [6.45, 7) is 5.06. The molecule has 0 amide bonds. The number of sulfonamides is 1. The van der Waals surface area contributed by atoms with Gasteiger partial charge in [0.2, 0.25) is 10.0 Å². The van der Waals surface area contributed by atoms with Crippen LogP contribution in [0.1, 0.15) is 11.9 Å². The van der Waals surface area contributed by atoms with Crippen molar-refractivity contribution in [1.82, 2.24) is 14.2 Å². The molecule has 0 unspecified atom stereocenters. The van der Waals surface area contributed by atoms with Gasteiger partial charge in [0.15, 0.2) is 0 Å². The van der Waals surface area contributed by atoms with Gasteiger partial charge in [-0.05, 0) is 19.1 Å². The predicted molar refractivity (Wildman–Crippen MR) is 100 cm³/mol. The van der Waals surface area contributed by atoms with E-state index in [-0.39, 0.29) is 5.75 Å². The number of hydrogen-bond donors (Lipinski definition) is 0. The summed E-state index contributed by atoms with van der Waals surface area (Å²) in [5.41, 5.74) is 1.99. The van der Waals surface area contributed by atoms with Crippen LogP contribution < -0.4 is 4.74 Å². The second-order valence-electron chi connectivity index (χ2n) is 5.93. The van der Waals surface area contributed by atoms with Gasteiger partial charge < -0.3 is 4.74 Å². The molecule has 1 aromatic carbocycles. The first-order chi connectivity index (χ1) is 12.0. The molecular weight excluding hydrogens is 358 g/mol. The zero-order chi connectivity index (χ0) is 17.9. The monoisotopic (exact) mass is 381 g/mol. The highest BCUT2D eigenvalue weighted by Crippen LogP contribution is 2.26. The average molecular weight is 382 g/mol. The molecular formula is C17H23N3O3S2. The molecule has 0 spiro atoms. The number of hydrogen-bond acceptors (Lipinski definition) is 6. The first kappa shape index (κ1) is 18.3. The van der Waals surface area contributed by atoms with Gasteiger partial charge in [-0.3, -0.25) is 4.90 Å². The summed E-state index contributed by atoms with van der Waals surface area (Å²) < 4.78 is 30.7. The zero-order valence-corrected chi connectivity index (χ0v) is 16.1. The van der Waals surface area contributed by atoms with Crippen LogP contribution in [0.25, 0.3) is 11.3 Å². The summed E-state index contributed by atoms with van der Waals surface area (Å²) in [4.78, 5) is 6.98. The number of methoxy groups -OCH3 is 1. The molecule has 1 aromatic heterocycles. The highest BCUT2D eigenvalue weighted by molar-refractivity contribution is 7.89. The van der Waals surface area contributed by atoms with Crippen LogP contribution in [0, 0.1) is 0 Å². The summed E-state index contributed by atoms with van der Waals surface area (Å²) in [5, 5.41) is 3.10. The third kappa shape index (κ3) is 4.38. The Morgan fingerprint density at radius 1 is 1.24 bits per heavy atom. The van der Waals surface area contributed by atoms with Gasteiger partial charge in [-0.25, -0.2) is 13.4 Å². The number of aromatic nitrogens is 1. The SMILES string of the molecule is CCS(=O)(=O)N1CCN(Cc2nc(-c3cccc(OC)c3)cs2)CC1. The molecule has 0 radical (unpaired) electrons. The Hall–Kier alpha value is -1.48. The van der Waals surface area contributed by atoms with Crippen molar-refractivity contribution < 1.29 is 13.2 Å². The number of rotatable bonds is 6. The van der Waals surface area contributed by atoms with Crippen LogP contribution in [-0.2, 0) is 16.6 Å². The fraction of sp³-hybridized carbons (Fsp3) is 0.471. The summed E-state index contributed by atoms with van der Waals surface area (Å²) in [6, 6.07) is 7.88. The standard InChI is InChI=1S/C17H23N3O3S2/c1-3-25(21,22)20-9-7-19(8-10-20)12-17-18-16(13-24-17)14-5-4-6-15(11-14)23-2/h4-6,11,13H,3,7-10,12H2,1-2H3. The minimum absolute atomic E-state index is 0.170. The minimum atomic E-state index is -3.07. The Bertz CT molecular complexity index is 812. The van der Waals surface area contributed by atoms with Gasteiger partial charge in [0, 0.05) is 37.1 Å². The lowest BCUT2D eigenvalue weighted by atomic mass is 10.2. The van der Waals surface area contributed by atoms with E-state index < -0.39 is 10.0 Å². The molecule has 0 saturated carbocycles. The summed E-state index contributed by atoms with van der Waals surface area (Å²) in [7, 11) is -1.42. The Labute approximate surface area is 153 Å². The Kier molecular flexibility index (Phi) is 5.73. The second-order valence-corrected chi connectivity index (χ2v) is 9.13. The molecule has 8 heteroatoms. The largest absolute Gasteiger partial charge is 0.497 e.